The molecule has 6 heteroatoms. The van der Waals surface area contributed by atoms with Crippen molar-refractivity contribution in [2.75, 3.05) is 46.3 Å². The number of rotatable bonds is 8. The molecule has 4 rings (SSSR count). The molecule has 0 spiro atoms. The van der Waals surface area contributed by atoms with E-state index in [1.165, 1.54) is 5.56 Å². The fraction of sp³-hybridized carbons (Fsp3) is 0.290. The highest BCUT2D eigenvalue weighted by Gasteiger charge is 2.27. The summed E-state index contributed by atoms with van der Waals surface area (Å²) in [6.07, 6.45) is 6.41. The highest BCUT2D eigenvalue weighted by atomic mass is 32.2. The van der Waals surface area contributed by atoms with Crippen molar-refractivity contribution in [2.45, 2.75) is 12.2 Å². The molecule has 0 aromatic heterocycles. The van der Waals surface area contributed by atoms with E-state index >= 15 is 0 Å². The summed E-state index contributed by atoms with van der Waals surface area (Å²) < 4.78 is 0. The number of carbonyl (C=O) groups is 1. The van der Waals surface area contributed by atoms with E-state index in [0.717, 1.165) is 60.6 Å². The van der Waals surface area contributed by atoms with E-state index in [2.05, 4.69) is 58.4 Å². The predicted octanol–water partition coefficient (Wildman–Crippen LogP) is 5.83. The summed E-state index contributed by atoms with van der Waals surface area (Å²) in [4.78, 5) is 23.9. The molecule has 0 bridgehead atoms. The van der Waals surface area contributed by atoms with Crippen molar-refractivity contribution in [1.29, 1.82) is 0 Å². The molecule has 190 valence electrons. The molecular formula is C31H34N4OS. The van der Waals surface area contributed by atoms with Crippen LogP contribution in [0.1, 0.15) is 28.1 Å². The molecule has 1 atom stereocenters. The molecule has 1 aliphatic rings. The van der Waals surface area contributed by atoms with Crippen molar-refractivity contribution in [3.8, 4) is 12.3 Å². The van der Waals surface area contributed by atoms with E-state index in [-0.39, 0.29) is 5.25 Å². The van der Waals surface area contributed by atoms with Crippen molar-refractivity contribution in [1.82, 2.24) is 14.7 Å². The number of hydrogen-bond acceptors (Lipinski definition) is 5. The minimum absolute atomic E-state index is 0.0201. The largest absolute Gasteiger partial charge is 0.372 e. The Bertz CT molecular complexity index is 1310. The monoisotopic (exact) mass is 510 g/mol. The number of carbonyl (C=O) groups excluding carboxylic acids is 1. The quantitative estimate of drug-likeness (QED) is 0.165. The molecule has 3 aromatic rings. The van der Waals surface area contributed by atoms with E-state index in [4.69, 9.17) is 11.4 Å². The first-order valence-corrected chi connectivity index (χ1v) is 13.5. The van der Waals surface area contributed by atoms with Gasteiger partial charge in [0.15, 0.2) is 11.5 Å². The maximum atomic E-state index is 12.0. The van der Waals surface area contributed by atoms with Crippen LogP contribution in [-0.2, 0) is 0 Å². The Morgan fingerprint density at radius 2 is 1.76 bits per heavy atom. The second-order valence-electron chi connectivity index (χ2n) is 9.15. The number of terminal acetylenes is 1. The minimum Gasteiger partial charge on any atom is -0.372 e. The number of aldehydes is 1. The van der Waals surface area contributed by atoms with Gasteiger partial charge in [-0.3, -0.25) is 9.69 Å². The fourth-order valence-corrected chi connectivity index (χ4v) is 5.68. The van der Waals surface area contributed by atoms with Crippen LogP contribution >= 0.6 is 11.8 Å². The van der Waals surface area contributed by atoms with Gasteiger partial charge in [0, 0.05) is 51.0 Å². The number of aliphatic imine (C=N–C) groups is 1. The molecule has 0 N–H and O–H groups in total. The number of benzene rings is 3. The third-order valence-electron chi connectivity index (χ3n) is 6.76. The zero-order valence-electron chi connectivity index (χ0n) is 21.6. The highest BCUT2D eigenvalue weighted by Crippen LogP contribution is 2.39. The molecule has 1 unspecified atom stereocenters. The van der Waals surface area contributed by atoms with Gasteiger partial charge < -0.3 is 9.80 Å². The number of fused-ring (bicyclic) bond motifs is 1. The molecule has 5 nitrogen and oxygen atoms in total. The Hall–Kier alpha value is -3.53. The Morgan fingerprint density at radius 1 is 1.11 bits per heavy atom. The SMILES string of the molecule is C#CCN1CCN(C(=C)C(SC(=Nc2cc3ccccc3cc2C=O)N(C)CC)c2ccccc2)CC1. The summed E-state index contributed by atoms with van der Waals surface area (Å²) >= 11 is 1.68. The third kappa shape index (κ3) is 6.43. The molecule has 0 radical (unpaired) electrons. The molecule has 0 amide bonds. The van der Waals surface area contributed by atoms with Gasteiger partial charge in [0.1, 0.15) is 0 Å². The van der Waals surface area contributed by atoms with Crippen molar-refractivity contribution < 1.29 is 4.79 Å². The average Bonchev–Trinajstić information content (AvgIpc) is 2.95. The van der Waals surface area contributed by atoms with Crippen LogP contribution < -0.4 is 0 Å². The molecular weight excluding hydrogens is 476 g/mol. The Kier molecular flexibility index (Phi) is 9.05. The second kappa shape index (κ2) is 12.6. The zero-order chi connectivity index (χ0) is 26.2. The lowest BCUT2D eigenvalue weighted by Crippen LogP contribution is -2.46. The van der Waals surface area contributed by atoms with Gasteiger partial charge in [0.05, 0.1) is 17.5 Å². The second-order valence-corrected chi connectivity index (χ2v) is 10.2. The standard InChI is InChI=1S/C31H34N4OS/c1-5-16-34-17-19-35(20-18-34)24(3)30(25-12-8-7-9-13-25)37-31(33(4)6-2)32-29-22-27-15-11-10-14-26(27)21-28(29)23-36/h1,7-15,21-23,30H,3,6,16-20H2,2,4H3. The first kappa shape index (κ1) is 26.5. The van der Waals surface area contributed by atoms with Gasteiger partial charge in [0.25, 0.3) is 0 Å². The van der Waals surface area contributed by atoms with Gasteiger partial charge in [-0.2, -0.15) is 0 Å². The van der Waals surface area contributed by atoms with Gasteiger partial charge >= 0.3 is 0 Å². The van der Waals surface area contributed by atoms with E-state index in [0.29, 0.717) is 17.8 Å². The number of hydrogen-bond donors (Lipinski definition) is 0. The average molecular weight is 511 g/mol. The lowest BCUT2D eigenvalue weighted by atomic mass is 10.1. The van der Waals surface area contributed by atoms with E-state index in [1.54, 1.807) is 11.8 Å². The summed E-state index contributed by atoms with van der Waals surface area (Å²) in [6, 6.07) is 22.4. The third-order valence-corrected chi connectivity index (χ3v) is 8.15. The lowest BCUT2D eigenvalue weighted by molar-refractivity contribution is 0.112. The minimum atomic E-state index is -0.0201. The van der Waals surface area contributed by atoms with Crippen molar-refractivity contribution in [3.63, 3.8) is 0 Å². The van der Waals surface area contributed by atoms with Gasteiger partial charge in [-0.15, -0.1) is 6.42 Å². The topological polar surface area (TPSA) is 39.1 Å². The van der Waals surface area contributed by atoms with Gasteiger partial charge in [0.2, 0.25) is 0 Å². The molecule has 1 heterocycles. The number of amidine groups is 1. The number of thioether (sulfide) groups is 1. The molecule has 3 aromatic carbocycles. The smallest absolute Gasteiger partial charge is 0.165 e. The summed E-state index contributed by atoms with van der Waals surface area (Å²) in [5.41, 5.74) is 3.50. The van der Waals surface area contributed by atoms with Crippen molar-refractivity contribution in [2.24, 2.45) is 4.99 Å². The van der Waals surface area contributed by atoms with Gasteiger partial charge in [-0.1, -0.05) is 78.9 Å². The maximum Gasteiger partial charge on any atom is 0.165 e. The normalized spacial score (nSPS) is 15.3. The Morgan fingerprint density at radius 3 is 2.38 bits per heavy atom. The van der Waals surface area contributed by atoms with Crippen LogP contribution in [0.4, 0.5) is 5.69 Å². The molecule has 0 aliphatic carbocycles. The van der Waals surface area contributed by atoms with Crippen LogP contribution in [0.2, 0.25) is 0 Å². The van der Waals surface area contributed by atoms with E-state index < -0.39 is 0 Å². The molecule has 37 heavy (non-hydrogen) atoms. The Labute approximate surface area is 224 Å². The predicted molar refractivity (Wildman–Crippen MR) is 157 cm³/mol. The van der Waals surface area contributed by atoms with Gasteiger partial charge in [-0.25, -0.2) is 4.99 Å². The summed E-state index contributed by atoms with van der Waals surface area (Å²) in [7, 11) is 2.04. The number of nitrogens with zero attached hydrogens (tertiary/aromatic N) is 4. The summed E-state index contributed by atoms with van der Waals surface area (Å²) in [5.74, 6) is 2.75. The first-order valence-electron chi connectivity index (χ1n) is 12.6. The van der Waals surface area contributed by atoms with E-state index in [9.17, 15) is 4.79 Å². The molecule has 1 fully saturated rings. The van der Waals surface area contributed by atoms with Crippen LogP contribution in [0.25, 0.3) is 10.8 Å². The van der Waals surface area contributed by atoms with Crippen LogP contribution in [0.15, 0.2) is 84.0 Å². The molecule has 1 saturated heterocycles. The Balaban J connectivity index is 1.69. The van der Waals surface area contributed by atoms with E-state index in [1.807, 2.05) is 49.5 Å². The van der Waals surface area contributed by atoms with Crippen molar-refractivity contribution in [3.05, 3.63) is 90.1 Å². The molecule has 0 saturated carbocycles. The summed E-state index contributed by atoms with van der Waals surface area (Å²) in [5, 5.41) is 2.92. The van der Waals surface area contributed by atoms with Crippen LogP contribution in [0.3, 0.4) is 0 Å². The number of piperazine rings is 1. The van der Waals surface area contributed by atoms with Crippen molar-refractivity contribution >= 4 is 39.7 Å². The molecule has 1 aliphatic heterocycles. The van der Waals surface area contributed by atoms with Crippen LogP contribution in [-0.4, -0.2) is 72.5 Å². The fourth-order valence-electron chi connectivity index (χ4n) is 4.43. The van der Waals surface area contributed by atoms with Gasteiger partial charge in [-0.05, 0) is 35.4 Å². The first-order chi connectivity index (χ1) is 18.0. The highest BCUT2D eigenvalue weighted by molar-refractivity contribution is 8.14. The lowest BCUT2D eigenvalue weighted by Gasteiger charge is -2.39. The zero-order valence-corrected chi connectivity index (χ0v) is 22.5. The maximum absolute atomic E-state index is 12.0. The van der Waals surface area contributed by atoms with Crippen LogP contribution in [0.5, 0.6) is 0 Å². The van der Waals surface area contributed by atoms with Crippen LogP contribution in [0, 0.1) is 12.3 Å². The summed E-state index contributed by atoms with van der Waals surface area (Å²) in [6.45, 7) is 11.8.